The van der Waals surface area contributed by atoms with Gasteiger partial charge in [0.2, 0.25) is 0 Å². The van der Waals surface area contributed by atoms with E-state index >= 15 is 0 Å². The van der Waals surface area contributed by atoms with Gasteiger partial charge in [-0.25, -0.2) is 14.3 Å². The van der Waals surface area contributed by atoms with Crippen molar-refractivity contribution >= 4 is 34.8 Å². The van der Waals surface area contributed by atoms with Crippen LogP contribution in [0.3, 0.4) is 0 Å². The normalized spacial score (nSPS) is 12.5. The maximum atomic E-state index is 11.0. The Hall–Kier alpha value is -2.15. The van der Waals surface area contributed by atoms with E-state index in [0.29, 0.717) is 22.1 Å². The number of aliphatic carboxylic acids is 1. The van der Waals surface area contributed by atoms with Crippen LogP contribution in [-0.2, 0) is 4.79 Å². The van der Waals surface area contributed by atoms with Crippen molar-refractivity contribution in [2.24, 2.45) is 0 Å². The number of aliphatic hydroxyl groups is 1. The number of carboxylic acids is 1. The molecule has 0 aliphatic heterocycles. The third-order valence-electron chi connectivity index (χ3n) is 3.40. The van der Waals surface area contributed by atoms with Crippen LogP contribution in [0.25, 0.3) is 16.9 Å². The standard InChI is InChI=1S/C15H11Cl2N3O3/c1-7-12(13(21)15(22)23)14(17)20-11(18-7)6-10(19-20)8-3-2-4-9(16)5-8/h2-6,13,21H,1H3,(H,22,23). The SMILES string of the molecule is Cc1nc2cc(-c3cccc(Cl)c3)nn2c(Cl)c1C(O)C(=O)O. The summed E-state index contributed by atoms with van der Waals surface area (Å²) >= 11 is 12.2. The number of hydrogen-bond donors (Lipinski definition) is 2. The molecule has 0 amide bonds. The van der Waals surface area contributed by atoms with Gasteiger partial charge >= 0.3 is 5.97 Å². The highest BCUT2D eigenvalue weighted by molar-refractivity contribution is 6.31. The van der Waals surface area contributed by atoms with Crippen molar-refractivity contribution in [3.05, 3.63) is 51.8 Å². The molecule has 23 heavy (non-hydrogen) atoms. The Morgan fingerprint density at radius 3 is 2.70 bits per heavy atom. The molecule has 2 aromatic heterocycles. The first-order valence-electron chi connectivity index (χ1n) is 6.61. The second kappa shape index (κ2) is 5.81. The molecule has 0 spiro atoms. The van der Waals surface area contributed by atoms with E-state index in [0.717, 1.165) is 5.56 Å². The number of benzene rings is 1. The summed E-state index contributed by atoms with van der Waals surface area (Å²) in [5.74, 6) is -1.40. The molecule has 1 atom stereocenters. The molecular formula is C15H11Cl2N3O3. The molecular weight excluding hydrogens is 341 g/mol. The summed E-state index contributed by atoms with van der Waals surface area (Å²) in [6.07, 6.45) is -1.77. The van der Waals surface area contributed by atoms with E-state index in [2.05, 4.69) is 10.1 Å². The van der Waals surface area contributed by atoms with Gasteiger partial charge in [0, 0.05) is 22.3 Å². The number of aromatic nitrogens is 3. The van der Waals surface area contributed by atoms with Crippen molar-refractivity contribution in [2.45, 2.75) is 13.0 Å². The summed E-state index contributed by atoms with van der Waals surface area (Å²) in [7, 11) is 0. The van der Waals surface area contributed by atoms with Gasteiger partial charge in [0.15, 0.2) is 11.8 Å². The summed E-state index contributed by atoms with van der Waals surface area (Å²) < 4.78 is 1.30. The van der Waals surface area contributed by atoms with Crippen molar-refractivity contribution < 1.29 is 15.0 Å². The maximum Gasteiger partial charge on any atom is 0.337 e. The third kappa shape index (κ3) is 2.76. The van der Waals surface area contributed by atoms with Crippen LogP contribution in [0.2, 0.25) is 10.2 Å². The monoisotopic (exact) mass is 351 g/mol. The molecule has 118 valence electrons. The van der Waals surface area contributed by atoms with E-state index < -0.39 is 12.1 Å². The Bertz CT molecular complexity index is 924. The lowest BCUT2D eigenvalue weighted by Gasteiger charge is -2.11. The van der Waals surface area contributed by atoms with Crippen molar-refractivity contribution in [3.8, 4) is 11.3 Å². The smallest absolute Gasteiger partial charge is 0.337 e. The number of halogens is 2. The molecule has 8 heteroatoms. The summed E-state index contributed by atoms with van der Waals surface area (Å²) in [5.41, 5.74) is 2.16. The third-order valence-corrected chi connectivity index (χ3v) is 4.00. The van der Waals surface area contributed by atoms with Crippen LogP contribution < -0.4 is 0 Å². The number of carboxylic acid groups (broad SMARTS) is 1. The van der Waals surface area contributed by atoms with Crippen LogP contribution >= 0.6 is 23.2 Å². The highest BCUT2D eigenvalue weighted by Crippen LogP contribution is 2.29. The molecule has 1 aromatic carbocycles. The molecule has 0 fully saturated rings. The summed E-state index contributed by atoms with van der Waals surface area (Å²) in [6, 6.07) is 8.83. The summed E-state index contributed by atoms with van der Waals surface area (Å²) in [5, 5.41) is 23.7. The number of hydrogen-bond acceptors (Lipinski definition) is 4. The second-order valence-electron chi connectivity index (χ2n) is 4.95. The first-order valence-corrected chi connectivity index (χ1v) is 7.36. The van der Waals surface area contributed by atoms with E-state index in [4.69, 9.17) is 28.3 Å². The van der Waals surface area contributed by atoms with E-state index in [1.54, 1.807) is 31.2 Å². The lowest BCUT2D eigenvalue weighted by atomic mass is 10.1. The molecule has 0 bridgehead atoms. The fourth-order valence-corrected chi connectivity index (χ4v) is 2.87. The van der Waals surface area contributed by atoms with Crippen LogP contribution in [0.5, 0.6) is 0 Å². The van der Waals surface area contributed by atoms with Crippen LogP contribution in [0, 0.1) is 6.92 Å². The molecule has 0 radical (unpaired) electrons. The fourth-order valence-electron chi connectivity index (χ4n) is 2.31. The van der Waals surface area contributed by atoms with E-state index in [1.165, 1.54) is 4.52 Å². The lowest BCUT2D eigenvalue weighted by Crippen LogP contribution is -2.15. The zero-order chi connectivity index (χ0) is 16.7. The van der Waals surface area contributed by atoms with Gasteiger partial charge in [0.1, 0.15) is 5.15 Å². The quantitative estimate of drug-likeness (QED) is 0.707. The molecule has 2 heterocycles. The first kappa shape index (κ1) is 15.7. The molecule has 3 aromatic rings. The Morgan fingerprint density at radius 1 is 1.30 bits per heavy atom. The number of aryl methyl sites for hydroxylation is 1. The number of aliphatic hydroxyl groups excluding tert-OH is 1. The van der Waals surface area contributed by atoms with Crippen LogP contribution in [0.15, 0.2) is 30.3 Å². The Balaban J connectivity index is 2.21. The lowest BCUT2D eigenvalue weighted by molar-refractivity contribution is -0.147. The molecule has 2 N–H and O–H groups in total. The highest BCUT2D eigenvalue weighted by Gasteiger charge is 2.25. The van der Waals surface area contributed by atoms with Crippen molar-refractivity contribution in [1.29, 1.82) is 0 Å². The van der Waals surface area contributed by atoms with Crippen LogP contribution in [0.4, 0.5) is 0 Å². The topological polar surface area (TPSA) is 87.7 Å². The molecule has 0 saturated heterocycles. The number of rotatable bonds is 3. The Morgan fingerprint density at radius 2 is 2.04 bits per heavy atom. The predicted molar refractivity (Wildman–Crippen MR) is 85.8 cm³/mol. The van der Waals surface area contributed by atoms with Crippen LogP contribution in [0.1, 0.15) is 17.4 Å². The fraction of sp³-hybridized carbons (Fsp3) is 0.133. The van der Waals surface area contributed by atoms with Crippen molar-refractivity contribution in [2.75, 3.05) is 0 Å². The van der Waals surface area contributed by atoms with E-state index in [9.17, 15) is 9.90 Å². The largest absolute Gasteiger partial charge is 0.479 e. The number of carbonyl (C=O) groups is 1. The average molecular weight is 352 g/mol. The van der Waals surface area contributed by atoms with Crippen molar-refractivity contribution in [3.63, 3.8) is 0 Å². The Kier molecular flexibility index (Phi) is 3.97. The Labute approximate surface area is 140 Å². The van der Waals surface area contributed by atoms with Crippen molar-refractivity contribution in [1.82, 2.24) is 14.6 Å². The van der Waals surface area contributed by atoms with Gasteiger partial charge < -0.3 is 10.2 Å². The van der Waals surface area contributed by atoms with E-state index in [1.807, 2.05) is 6.07 Å². The minimum atomic E-state index is -1.77. The van der Waals surface area contributed by atoms with Gasteiger partial charge in [0.25, 0.3) is 0 Å². The van der Waals surface area contributed by atoms with Gasteiger partial charge in [-0.3, -0.25) is 0 Å². The number of fused-ring (bicyclic) bond motifs is 1. The number of nitrogens with zero attached hydrogens (tertiary/aromatic N) is 3. The van der Waals surface area contributed by atoms with Gasteiger partial charge in [-0.2, -0.15) is 5.10 Å². The zero-order valence-electron chi connectivity index (χ0n) is 11.9. The zero-order valence-corrected chi connectivity index (χ0v) is 13.4. The molecule has 3 rings (SSSR count). The molecule has 6 nitrogen and oxygen atoms in total. The van der Waals surface area contributed by atoms with E-state index in [-0.39, 0.29) is 10.7 Å². The van der Waals surface area contributed by atoms with Crippen LogP contribution in [-0.4, -0.2) is 30.8 Å². The minimum Gasteiger partial charge on any atom is -0.479 e. The van der Waals surface area contributed by atoms with Gasteiger partial charge in [-0.1, -0.05) is 35.3 Å². The molecule has 0 saturated carbocycles. The van der Waals surface area contributed by atoms with Gasteiger partial charge in [0.05, 0.1) is 11.3 Å². The molecule has 0 aliphatic rings. The molecule has 0 aliphatic carbocycles. The van der Waals surface area contributed by atoms with Gasteiger partial charge in [-0.05, 0) is 19.1 Å². The first-order chi connectivity index (χ1) is 10.9. The minimum absolute atomic E-state index is 0.00989. The summed E-state index contributed by atoms with van der Waals surface area (Å²) in [4.78, 5) is 15.3. The summed E-state index contributed by atoms with van der Waals surface area (Å²) in [6.45, 7) is 1.58. The maximum absolute atomic E-state index is 11.0. The average Bonchev–Trinajstić information content (AvgIpc) is 2.91. The predicted octanol–water partition coefficient (Wildman–Crippen LogP) is 3.13. The van der Waals surface area contributed by atoms with Gasteiger partial charge in [-0.15, -0.1) is 0 Å². The second-order valence-corrected chi connectivity index (χ2v) is 5.75. The highest BCUT2D eigenvalue weighted by atomic mass is 35.5. The molecule has 1 unspecified atom stereocenters.